The molecule has 3 nitrogen and oxygen atoms in total. The molecule has 0 spiro atoms. The van der Waals surface area contributed by atoms with Crippen molar-refractivity contribution in [2.75, 3.05) is 7.11 Å². The summed E-state index contributed by atoms with van der Waals surface area (Å²) in [6.07, 6.45) is 1.20. The lowest BCUT2D eigenvalue weighted by Gasteiger charge is -2.53. The maximum atomic E-state index is 13.2. The van der Waals surface area contributed by atoms with Crippen molar-refractivity contribution >= 4 is 5.97 Å². The maximum Gasteiger partial charge on any atom is 0.314 e. The van der Waals surface area contributed by atoms with E-state index in [0.29, 0.717) is 12.8 Å². The van der Waals surface area contributed by atoms with E-state index in [-0.39, 0.29) is 25.7 Å². The van der Waals surface area contributed by atoms with Crippen LogP contribution in [-0.2, 0) is 9.53 Å². The summed E-state index contributed by atoms with van der Waals surface area (Å²) in [5.74, 6) is -3.24. The minimum atomic E-state index is -2.71. The molecular weight excluding hydrogens is 230 g/mol. The van der Waals surface area contributed by atoms with Crippen LogP contribution in [-0.4, -0.2) is 29.7 Å². The van der Waals surface area contributed by atoms with Crippen LogP contribution in [0.2, 0.25) is 0 Å². The Labute approximate surface area is 99.1 Å². The second kappa shape index (κ2) is 3.90. The zero-order chi connectivity index (χ0) is 12.7. The summed E-state index contributed by atoms with van der Waals surface area (Å²) in [5, 5.41) is 10.4. The molecule has 0 atom stereocenters. The fraction of sp³-hybridized carbons (Fsp3) is 0.917. The second-order valence-electron chi connectivity index (χ2n) is 5.31. The Balaban J connectivity index is 2.24. The van der Waals surface area contributed by atoms with Gasteiger partial charge in [0, 0.05) is 12.8 Å². The molecule has 17 heavy (non-hydrogen) atoms. The third-order valence-electron chi connectivity index (χ3n) is 4.48. The summed E-state index contributed by atoms with van der Waals surface area (Å²) in [7, 11) is 1.25. The average Bonchev–Trinajstić information content (AvgIpc) is 2.25. The Hall–Kier alpha value is -0.710. The van der Waals surface area contributed by atoms with Crippen LogP contribution in [0.15, 0.2) is 0 Å². The van der Waals surface area contributed by atoms with Crippen LogP contribution in [0, 0.1) is 5.41 Å². The Morgan fingerprint density at radius 1 is 1.12 bits per heavy atom. The van der Waals surface area contributed by atoms with E-state index in [1.807, 2.05) is 0 Å². The first kappa shape index (κ1) is 12.7. The number of alkyl halides is 2. The highest BCUT2D eigenvalue weighted by molar-refractivity contribution is 5.78. The van der Waals surface area contributed by atoms with Crippen molar-refractivity contribution in [2.45, 2.75) is 56.5 Å². The van der Waals surface area contributed by atoms with E-state index in [1.54, 1.807) is 0 Å². The number of esters is 1. The molecule has 0 aromatic rings. The summed E-state index contributed by atoms with van der Waals surface area (Å²) < 4.78 is 31.1. The summed E-state index contributed by atoms with van der Waals surface area (Å²) in [4.78, 5) is 11.9. The lowest BCUT2D eigenvalue weighted by Crippen LogP contribution is -2.59. The van der Waals surface area contributed by atoms with Crippen LogP contribution >= 0.6 is 0 Å². The molecule has 2 fully saturated rings. The molecule has 0 aromatic heterocycles. The molecule has 0 bridgehead atoms. The number of carbonyl (C=O) groups is 1. The van der Waals surface area contributed by atoms with Crippen LogP contribution in [0.25, 0.3) is 0 Å². The van der Waals surface area contributed by atoms with E-state index < -0.39 is 22.9 Å². The Morgan fingerprint density at radius 2 is 1.65 bits per heavy atom. The minimum Gasteiger partial charge on any atom is -0.469 e. The predicted molar refractivity (Wildman–Crippen MR) is 56.7 cm³/mol. The van der Waals surface area contributed by atoms with Crippen molar-refractivity contribution in [3.8, 4) is 0 Å². The summed E-state index contributed by atoms with van der Waals surface area (Å²) in [5.41, 5.74) is -2.24. The van der Waals surface area contributed by atoms with E-state index in [4.69, 9.17) is 4.74 Å². The molecule has 2 rings (SSSR count). The van der Waals surface area contributed by atoms with Gasteiger partial charge in [-0.15, -0.1) is 0 Å². The lowest BCUT2D eigenvalue weighted by molar-refractivity contribution is -0.206. The molecule has 0 unspecified atom stereocenters. The number of methoxy groups -OCH3 is 1. The molecule has 2 saturated carbocycles. The number of hydrogen-bond donors (Lipinski definition) is 1. The molecular formula is C12H18F2O3. The maximum absolute atomic E-state index is 13.2. The standard InChI is InChI=1S/C12H18F2O3/c1-17-9(15)10(11(16)3-2-4-11)5-7-12(13,14)8-6-10/h16H,2-8H2,1H3. The van der Waals surface area contributed by atoms with Crippen molar-refractivity contribution in [3.63, 3.8) is 0 Å². The summed E-state index contributed by atoms with van der Waals surface area (Å²) >= 11 is 0. The number of carbonyl (C=O) groups excluding carboxylic acids is 1. The fourth-order valence-electron chi connectivity index (χ4n) is 3.09. The molecule has 98 valence electrons. The van der Waals surface area contributed by atoms with Gasteiger partial charge in [-0.05, 0) is 32.1 Å². The van der Waals surface area contributed by atoms with Gasteiger partial charge in [0.05, 0.1) is 18.1 Å². The van der Waals surface area contributed by atoms with E-state index in [0.717, 1.165) is 6.42 Å². The highest BCUT2D eigenvalue weighted by atomic mass is 19.3. The molecule has 0 aliphatic heterocycles. The number of halogens is 2. The molecule has 1 N–H and O–H groups in total. The van der Waals surface area contributed by atoms with Crippen LogP contribution in [0.5, 0.6) is 0 Å². The molecule has 0 amide bonds. The van der Waals surface area contributed by atoms with Gasteiger partial charge in [0.2, 0.25) is 5.92 Å². The zero-order valence-electron chi connectivity index (χ0n) is 9.97. The van der Waals surface area contributed by atoms with Crippen molar-refractivity contribution in [2.24, 2.45) is 5.41 Å². The van der Waals surface area contributed by atoms with Gasteiger partial charge in [-0.25, -0.2) is 8.78 Å². The highest BCUT2D eigenvalue weighted by Gasteiger charge is 2.62. The summed E-state index contributed by atoms with van der Waals surface area (Å²) in [6, 6.07) is 0. The van der Waals surface area contributed by atoms with Crippen molar-refractivity contribution < 1.29 is 23.4 Å². The smallest absolute Gasteiger partial charge is 0.314 e. The first-order valence-electron chi connectivity index (χ1n) is 6.04. The SMILES string of the molecule is COC(=O)C1(C2(O)CCC2)CCC(F)(F)CC1. The largest absolute Gasteiger partial charge is 0.469 e. The fourth-order valence-corrected chi connectivity index (χ4v) is 3.09. The molecule has 5 heteroatoms. The normalized spacial score (nSPS) is 29.2. The van der Waals surface area contributed by atoms with Crippen molar-refractivity contribution in [1.82, 2.24) is 0 Å². The van der Waals surface area contributed by atoms with E-state index in [9.17, 15) is 18.7 Å². The molecule has 0 aromatic carbocycles. The Bertz CT molecular complexity index is 314. The van der Waals surface area contributed by atoms with E-state index in [2.05, 4.69) is 0 Å². The first-order chi connectivity index (χ1) is 7.85. The number of hydrogen-bond acceptors (Lipinski definition) is 3. The van der Waals surface area contributed by atoms with Crippen molar-refractivity contribution in [1.29, 1.82) is 0 Å². The topological polar surface area (TPSA) is 46.5 Å². The first-order valence-corrected chi connectivity index (χ1v) is 6.04. The van der Waals surface area contributed by atoms with E-state index >= 15 is 0 Å². The van der Waals surface area contributed by atoms with E-state index in [1.165, 1.54) is 7.11 Å². The van der Waals surface area contributed by atoms with Gasteiger partial charge in [-0.2, -0.15) is 0 Å². The number of ether oxygens (including phenoxy) is 1. The summed E-state index contributed by atoms with van der Waals surface area (Å²) in [6.45, 7) is 0. The van der Waals surface area contributed by atoms with Gasteiger partial charge in [0.15, 0.2) is 0 Å². The van der Waals surface area contributed by atoms with Gasteiger partial charge in [-0.1, -0.05) is 0 Å². The van der Waals surface area contributed by atoms with Crippen LogP contribution < -0.4 is 0 Å². The molecule has 0 heterocycles. The Kier molecular flexibility index (Phi) is 2.92. The van der Waals surface area contributed by atoms with Crippen LogP contribution in [0.3, 0.4) is 0 Å². The molecule has 0 saturated heterocycles. The zero-order valence-corrected chi connectivity index (χ0v) is 9.97. The Morgan fingerprint density at radius 3 is 2.00 bits per heavy atom. The molecule has 2 aliphatic rings. The monoisotopic (exact) mass is 248 g/mol. The average molecular weight is 248 g/mol. The third kappa shape index (κ3) is 1.84. The van der Waals surface area contributed by atoms with Crippen LogP contribution in [0.4, 0.5) is 8.78 Å². The predicted octanol–water partition coefficient (Wildman–Crippen LogP) is 2.27. The van der Waals surface area contributed by atoms with Gasteiger partial charge in [0.1, 0.15) is 0 Å². The van der Waals surface area contributed by atoms with Gasteiger partial charge in [-0.3, -0.25) is 4.79 Å². The second-order valence-corrected chi connectivity index (χ2v) is 5.31. The number of rotatable bonds is 2. The number of aliphatic hydroxyl groups is 1. The van der Waals surface area contributed by atoms with Crippen molar-refractivity contribution in [3.05, 3.63) is 0 Å². The van der Waals surface area contributed by atoms with Gasteiger partial charge >= 0.3 is 5.97 Å². The molecule has 2 aliphatic carbocycles. The third-order valence-corrected chi connectivity index (χ3v) is 4.48. The minimum absolute atomic E-state index is 0.0170. The molecule has 0 radical (unpaired) electrons. The quantitative estimate of drug-likeness (QED) is 0.762. The van der Waals surface area contributed by atoms with Gasteiger partial charge < -0.3 is 9.84 Å². The van der Waals surface area contributed by atoms with Gasteiger partial charge in [0.25, 0.3) is 0 Å². The lowest BCUT2D eigenvalue weighted by atomic mass is 9.55. The van der Waals surface area contributed by atoms with Crippen LogP contribution in [0.1, 0.15) is 44.9 Å². The highest BCUT2D eigenvalue weighted by Crippen LogP contribution is 2.56.